The number of nitrogens with zero attached hydrogens (tertiary/aromatic N) is 2. The predicted octanol–water partition coefficient (Wildman–Crippen LogP) is 3.85. The van der Waals surface area contributed by atoms with Crippen molar-refractivity contribution in [1.82, 2.24) is 4.98 Å². The topological polar surface area (TPSA) is 59.5 Å². The molecule has 3 aromatic rings. The number of ether oxygens (including phenoxy) is 1. The van der Waals surface area contributed by atoms with Gasteiger partial charge in [0, 0.05) is 18.7 Å². The fraction of sp³-hybridized carbons (Fsp3) is 0.0952. The van der Waals surface area contributed by atoms with Crippen molar-refractivity contribution >= 4 is 17.7 Å². The highest BCUT2D eigenvalue weighted by Gasteiger charge is 2.19. The summed E-state index contributed by atoms with van der Waals surface area (Å²) in [7, 11) is 0. The fourth-order valence-corrected chi connectivity index (χ4v) is 2.55. The Morgan fingerprint density at radius 1 is 0.962 bits per heavy atom. The number of esters is 1. The molecule has 1 heterocycles. The van der Waals surface area contributed by atoms with Gasteiger partial charge in [-0.3, -0.25) is 14.5 Å². The zero-order chi connectivity index (χ0) is 18.4. The van der Waals surface area contributed by atoms with Crippen LogP contribution in [0.15, 0.2) is 79.0 Å². The molecule has 5 nitrogen and oxygen atoms in total. The minimum Gasteiger partial charge on any atom is -0.427 e. The van der Waals surface area contributed by atoms with E-state index in [1.807, 2.05) is 36.4 Å². The van der Waals surface area contributed by atoms with E-state index in [0.29, 0.717) is 23.7 Å². The molecule has 2 aromatic carbocycles. The largest absolute Gasteiger partial charge is 0.427 e. The summed E-state index contributed by atoms with van der Waals surface area (Å²) in [4.78, 5) is 30.2. The summed E-state index contributed by atoms with van der Waals surface area (Å²) < 4.78 is 5.08. The maximum Gasteiger partial charge on any atom is 0.308 e. The Hall–Kier alpha value is -3.47. The van der Waals surface area contributed by atoms with E-state index in [0.717, 1.165) is 5.56 Å². The Morgan fingerprint density at radius 2 is 1.73 bits per heavy atom. The number of carbonyl (C=O) groups excluding carboxylic acids is 2. The number of anilines is 1. The van der Waals surface area contributed by atoms with Gasteiger partial charge < -0.3 is 4.74 Å². The van der Waals surface area contributed by atoms with Gasteiger partial charge in [-0.05, 0) is 35.9 Å². The molecule has 0 spiro atoms. The molecule has 3 rings (SSSR count). The van der Waals surface area contributed by atoms with E-state index in [4.69, 9.17) is 4.74 Å². The third-order valence-electron chi connectivity index (χ3n) is 3.70. The Balaban J connectivity index is 1.93. The van der Waals surface area contributed by atoms with E-state index >= 15 is 0 Å². The second kappa shape index (κ2) is 8.07. The van der Waals surface area contributed by atoms with Crippen LogP contribution in [0.3, 0.4) is 0 Å². The van der Waals surface area contributed by atoms with Crippen LogP contribution in [0.25, 0.3) is 0 Å². The standard InChI is InChI=1S/C21H18N2O3/c1-16(24)26-19-11-7-10-18(14-19)21(25)23(20-12-5-6-13-22-20)15-17-8-3-2-4-9-17/h2-14H,15H2,1H3. The summed E-state index contributed by atoms with van der Waals surface area (Å²) in [5.41, 5.74) is 1.41. The number of aromatic nitrogens is 1. The maximum atomic E-state index is 13.1. The number of hydrogen-bond acceptors (Lipinski definition) is 4. The van der Waals surface area contributed by atoms with Crippen LogP contribution < -0.4 is 9.64 Å². The van der Waals surface area contributed by atoms with Crippen molar-refractivity contribution in [3.05, 3.63) is 90.1 Å². The van der Waals surface area contributed by atoms with Crippen LogP contribution in [-0.4, -0.2) is 16.9 Å². The number of rotatable bonds is 5. The summed E-state index contributed by atoms with van der Waals surface area (Å²) in [6, 6.07) is 21.7. The molecule has 0 N–H and O–H groups in total. The van der Waals surface area contributed by atoms with Gasteiger partial charge in [0.25, 0.3) is 5.91 Å². The average molecular weight is 346 g/mol. The van der Waals surface area contributed by atoms with Gasteiger partial charge in [-0.1, -0.05) is 42.5 Å². The first-order chi connectivity index (χ1) is 12.6. The van der Waals surface area contributed by atoms with Crippen molar-refractivity contribution in [2.75, 3.05) is 4.90 Å². The minimum absolute atomic E-state index is 0.221. The number of amides is 1. The molecule has 0 aliphatic heterocycles. The van der Waals surface area contributed by atoms with Gasteiger partial charge in [0.05, 0.1) is 6.54 Å². The lowest BCUT2D eigenvalue weighted by atomic mass is 10.1. The van der Waals surface area contributed by atoms with Crippen molar-refractivity contribution in [2.45, 2.75) is 13.5 Å². The van der Waals surface area contributed by atoms with Gasteiger partial charge in [0.1, 0.15) is 11.6 Å². The van der Waals surface area contributed by atoms with Crippen molar-refractivity contribution < 1.29 is 14.3 Å². The minimum atomic E-state index is -0.430. The number of hydrogen-bond donors (Lipinski definition) is 0. The summed E-state index contributed by atoms with van der Waals surface area (Å²) in [5, 5.41) is 0. The van der Waals surface area contributed by atoms with E-state index in [1.165, 1.54) is 6.92 Å². The molecule has 0 atom stereocenters. The normalized spacial score (nSPS) is 10.2. The van der Waals surface area contributed by atoms with Crippen LogP contribution in [0.1, 0.15) is 22.8 Å². The molecule has 0 aliphatic rings. The Labute approximate surface area is 151 Å². The molecule has 0 radical (unpaired) electrons. The van der Waals surface area contributed by atoms with Crippen molar-refractivity contribution in [2.24, 2.45) is 0 Å². The molecule has 0 bridgehead atoms. The third kappa shape index (κ3) is 4.33. The van der Waals surface area contributed by atoms with Crippen LogP contribution in [0.4, 0.5) is 5.82 Å². The Morgan fingerprint density at radius 3 is 2.42 bits per heavy atom. The zero-order valence-electron chi connectivity index (χ0n) is 14.3. The molecule has 5 heteroatoms. The molecule has 1 amide bonds. The quantitative estimate of drug-likeness (QED) is 0.520. The summed E-state index contributed by atoms with van der Waals surface area (Å²) in [6.07, 6.45) is 1.65. The summed E-state index contributed by atoms with van der Waals surface area (Å²) in [5.74, 6) is 0.241. The second-order valence-electron chi connectivity index (χ2n) is 5.69. The fourth-order valence-electron chi connectivity index (χ4n) is 2.55. The highest BCUT2D eigenvalue weighted by molar-refractivity contribution is 6.05. The second-order valence-corrected chi connectivity index (χ2v) is 5.69. The smallest absolute Gasteiger partial charge is 0.308 e. The molecular weight excluding hydrogens is 328 g/mol. The van der Waals surface area contributed by atoms with Gasteiger partial charge >= 0.3 is 5.97 Å². The van der Waals surface area contributed by atoms with Crippen LogP contribution >= 0.6 is 0 Å². The van der Waals surface area contributed by atoms with E-state index in [9.17, 15) is 9.59 Å². The van der Waals surface area contributed by atoms with Crippen molar-refractivity contribution in [1.29, 1.82) is 0 Å². The van der Waals surface area contributed by atoms with E-state index in [2.05, 4.69) is 4.98 Å². The highest BCUT2D eigenvalue weighted by Crippen LogP contribution is 2.20. The monoisotopic (exact) mass is 346 g/mol. The van der Waals surface area contributed by atoms with Crippen molar-refractivity contribution in [3.63, 3.8) is 0 Å². The number of carbonyl (C=O) groups is 2. The molecular formula is C21H18N2O3. The Bertz CT molecular complexity index is 895. The van der Waals surface area contributed by atoms with E-state index in [-0.39, 0.29) is 5.91 Å². The SMILES string of the molecule is CC(=O)Oc1cccc(C(=O)N(Cc2ccccc2)c2ccccn2)c1. The first-order valence-electron chi connectivity index (χ1n) is 8.19. The van der Waals surface area contributed by atoms with Gasteiger partial charge in [-0.2, -0.15) is 0 Å². The first kappa shape index (κ1) is 17.4. The lowest BCUT2D eigenvalue weighted by Crippen LogP contribution is -2.31. The van der Waals surface area contributed by atoms with Crippen LogP contribution in [-0.2, 0) is 11.3 Å². The van der Waals surface area contributed by atoms with Gasteiger partial charge in [0.15, 0.2) is 0 Å². The van der Waals surface area contributed by atoms with E-state index in [1.54, 1.807) is 47.5 Å². The van der Waals surface area contributed by atoms with E-state index < -0.39 is 5.97 Å². The Kier molecular flexibility index (Phi) is 5.39. The van der Waals surface area contributed by atoms with Crippen LogP contribution in [0.5, 0.6) is 5.75 Å². The van der Waals surface area contributed by atoms with Crippen LogP contribution in [0, 0.1) is 0 Å². The molecule has 0 saturated heterocycles. The lowest BCUT2D eigenvalue weighted by molar-refractivity contribution is -0.131. The van der Waals surface area contributed by atoms with Crippen molar-refractivity contribution in [3.8, 4) is 5.75 Å². The molecule has 1 aromatic heterocycles. The molecule has 26 heavy (non-hydrogen) atoms. The van der Waals surface area contributed by atoms with Gasteiger partial charge in [0.2, 0.25) is 0 Å². The molecule has 0 aliphatic carbocycles. The highest BCUT2D eigenvalue weighted by atomic mass is 16.5. The van der Waals surface area contributed by atoms with Gasteiger partial charge in [-0.15, -0.1) is 0 Å². The summed E-state index contributed by atoms with van der Waals surface area (Å²) >= 11 is 0. The number of benzene rings is 2. The van der Waals surface area contributed by atoms with Gasteiger partial charge in [-0.25, -0.2) is 4.98 Å². The molecule has 0 unspecified atom stereocenters. The molecule has 0 fully saturated rings. The average Bonchev–Trinajstić information content (AvgIpc) is 2.67. The predicted molar refractivity (Wildman–Crippen MR) is 98.9 cm³/mol. The third-order valence-corrected chi connectivity index (χ3v) is 3.70. The summed E-state index contributed by atoms with van der Waals surface area (Å²) in [6.45, 7) is 1.71. The lowest BCUT2D eigenvalue weighted by Gasteiger charge is -2.22. The zero-order valence-corrected chi connectivity index (χ0v) is 14.3. The first-order valence-corrected chi connectivity index (χ1v) is 8.19. The molecule has 0 saturated carbocycles. The maximum absolute atomic E-state index is 13.1. The molecule has 130 valence electrons. The van der Waals surface area contributed by atoms with Crippen LogP contribution in [0.2, 0.25) is 0 Å². The number of pyridine rings is 1.